The van der Waals surface area contributed by atoms with Gasteiger partial charge in [-0.2, -0.15) is 0 Å². The van der Waals surface area contributed by atoms with Crippen molar-refractivity contribution in [3.05, 3.63) is 12.5 Å². The first-order chi connectivity index (χ1) is 4.38. The van der Waals surface area contributed by atoms with Crippen LogP contribution in [0.25, 0.3) is 0 Å². The van der Waals surface area contributed by atoms with E-state index >= 15 is 0 Å². The van der Waals surface area contributed by atoms with Crippen LogP contribution in [0.2, 0.25) is 0 Å². The van der Waals surface area contributed by atoms with Crippen molar-refractivity contribution in [1.29, 1.82) is 0 Å². The van der Waals surface area contributed by atoms with Crippen LogP contribution < -0.4 is 0 Å². The molecule has 0 aromatic carbocycles. The maximum Gasteiger partial charge on any atom is 0.209 e. The molecule has 0 saturated heterocycles. The second-order valence-corrected chi connectivity index (χ2v) is 2.19. The van der Waals surface area contributed by atoms with Gasteiger partial charge in [-0.05, 0) is 6.92 Å². The molecule has 2 rings (SSSR count). The molecular formula is C6H8N2O. The van der Waals surface area contributed by atoms with Crippen LogP contribution in [-0.2, 0) is 4.74 Å². The van der Waals surface area contributed by atoms with Gasteiger partial charge in [-0.3, -0.25) is 4.99 Å². The molecule has 0 amide bonds. The predicted molar refractivity (Wildman–Crippen MR) is 33.8 cm³/mol. The summed E-state index contributed by atoms with van der Waals surface area (Å²) < 4.78 is 5.14. The summed E-state index contributed by atoms with van der Waals surface area (Å²) >= 11 is 0. The molecule has 2 unspecified atom stereocenters. The number of aliphatic imine (C=N–C) groups is 1. The molecule has 0 spiro atoms. The van der Waals surface area contributed by atoms with Crippen molar-refractivity contribution in [2.24, 2.45) is 4.99 Å². The monoisotopic (exact) mass is 124 g/mol. The van der Waals surface area contributed by atoms with Crippen molar-refractivity contribution >= 4 is 6.21 Å². The molecule has 3 nitrogen and oxygen atoms in total. The van der Waals surface area contributed by atoms with E-state index in [0.717, 1.165) is 0 Å². The highest BCUT2D eigenvalue weighted by Gasteiger charge is 2.27. The van der Waals surface area contributed by atoms with Gasteiger partial charge in [0.1, 0.15) is 12.4 Å². The molecule has 0 radical (unpaired) electrons. The van der Waals surface area contributed by atoms with Gasteiger partial charge in [0.2, 0.25) is 6.23 Å². The zero-order valence-corrected chi connectivity index (χ0v) is 5.19. The second kappa shape index (κ2) is 1.50. The molecule has 0 N–H and O–H groups in total. The van der Waals surface area contributed by atoms with Crippen LogP contribution >= 0.6 is 0 Å². The van der Waals surface area contributed by atoms with Crippen molar-refractivity contribution in [3.63, 3.8) is 0 Å². The third kappa shape index (κ3) is 0.542. The van der Waals surface area contributed by atoms with Crippen molar-refractivity contribution < 1.29 is 4.74 Å². The van der Waals surface area contributed by atoms with Crippen molar-refractivity contribution in [2.75, 3.05) is 0 Å². The Labute approximate surface area is 53.6 Å². The van der Waals surface area contributed by atoms with E-state index in [4.69, 9.17) is 4.74 Å². The first kappa shape index (κ1) is 4.85. The molecule has 48 valence electrons. The number of fused-ring (bicyclic) bond motifs is 1. The van der Waals surface area contributed by atoms with E-state index in [0.29, 0.717) is 0 Å². The Morgan fingerprint density at radius 3 is 3.33 bits per heavy atom. The summed E-state index contributed by atoms with van der Waals surface area (Å²) in [6.45, 7) is 2.04. The molecule has 2 heterocycles. The minimum Gasteiger partial charge on any atom is -0.471 e. The lowest BCUT2D eigenvalue weighted by Crippen LogP contribution is -2.28. The van der Waals surface area contributed by atoms with Crippen LogP contribution in [0.15, 0.2) is 17.5 Å². The van der Waals surface area contributed by atoms with Crippen LogP contribution in [0.3, 0.4) is 0 Å². The molecule has 9 heavy (non-hydrogen) atoms. The highest BCUT2D eigenvalue weighted by molar-refractivity contribution is 5.66. The number of hydrogen-bond donors (Lipinski definition) is 0. The fourth-order valence-corrected chi connectivity index (χ4v) is 1.07. The van der Waals surface area contributed by atoms with E-state index in [9.17, 15) is 0 Å². The van der Waals surface area contributed by atoms with Crippen molar-refractivity contribution in [1.82, 2.24) is 4.90 Å². The lowest BCUT2D eigenvalue weighted by atomic mass is 10.5. The van der Waals surface area contributed by atoms with Gasteiger partial charge in [0.05, 0.1) is 6.21 Å². The maximum atomic E-state index is 5.14. The Hall–Kier alpha value is -0.990. The van der Waals surface area contributed by atoms with Crippen LogP contribution in [0.5, 0.6) is 0 Å². The Balaban J connectivity index is 2.22. The normalized spacial score (nSPS) is 37.2. The minimum absolute atomic E-state index is 0.0833. The summed E-state index contributed by atoms with van der Waals surface area (Å²) in [6.07, 6.45) is 5.79. The van der Waals surface area contributed by atoms with Crippen LogP contribution in [0, 0.1) is 0 Å². The molecule has 0 aromatic rings. The molecule has 2 aliphatic heterocycles. The number of nitrogens with zero attached hydrogens (tertiary/aromatic N) is 2. The molecule has 2 aliphatic rings. The Kier molecular flexibility index (Phi) is 0.806. The van der Waals surface area contributed by atoms with Crippen molar-refractivity contribution in [2.45, 2.75) is 19.3 Å². The second-order valence-electron chi connectivity index (χ2n) is 2.19. The van der Waals surface area contributed by atoms with E-state index in [1.165, 1.54) is 0 Å². The zero-order valence-electron chi connectivity index (χ0n) is 5.19. The number of rotatable bonds is 0. The van der Waals surface area contributed by atoms with E-state index < -0.39 is 0 Å². The summed E-state index contributed by atoms with van der Waals surface area (Å²) in [4.78, 5) is 6.20. The van der Waals surface area contributed by atoms with Gasteiger partial charge in [0.15, 0.2) is 0 Å². The Bertz CT molecular complexity index is 176. The molecule has 0 aliphatic carbocycles. The molecular weight excluding hydrogens is 116 g/mol. The smallest absolute Gasteiger partial charge is 0.209 e. The first-order valence-corrected chi connectivity index (χ1v) is 3.01. The van der Waals surface area contributed by atoms with Crippen LogP contribution in [0.4, 0.5) is 0 Å². The number of ether oxygens (including phenoxy) is 1. The third-order valence-corrected chi connectivity index (χ3v) is 1.61. The molecule has 0 bridgehead atoms. The van der Waals surface area contributed by atoms with Gasteiger partial charge < -0.3 is 9.64 Å². The summed E-state index contributed by atoms with van der Waals surface area (Å²) in [6, 6.07) is 0. The average Bonchev–Trinajstić information content (AvgIpc) is 2.35. The van der Waals surface area contributed by atoms with Gasteiger partial charge in [-0.15, -0.1) is 0 Å². The number of hydrogen-bond acceptors (Lipinski definition) is 3. The zero-order chi connectivity index (χ0) is 6.27. The minimum atomic E-state index is 0.0833. The molecule has 0 saturated carbocycles. The van der Waals surface area contributed by atoms with E-state index in [1.54, 1.807) is 6.26 Å². The summed E-state index contributed by atoms with van der Waals surface area (Å²) in [5.41, 5.74) is 0. The quantitative estimate of drug-likeness (QED) is 0.471. The fraction of sp³-hybridized carbons (Fsp3) is 0.500. The molecule has 2 atom stereocenters. The molecule has 3 heteroatoms. The van der Waals surface area contributed by atoms with E-state index in [1.807, 2.05) is 19.3 Å². The first-order valence-electron chi connectivity index (χ1n) is 3.01. The summed E-state index contributed by atoms with van der Waals surface area (Å²) in [7, 11) is 0. The fourth-order valence-electron chi connectivity index (χ4n) is 1.07. The van der Waals surface area contributed by atoms with E-state index in [2.05, 4.69) is 9.89 Å². The highest BCUT2D eigenvalue weighted by Crippen LogP contribution is 2.18. The van der Waals surface area contributed by atoms with Crippen LogP contribution in [-0.4, -0.2) is 23.5 Å². The Morgan fingerprint density at radius 1 is 1.67 bits per heavy atom. The largest absolute Gasteiger partial charge is 0.471 e. The maximum absolute atomic E-state index is 5.14. The summed E-state index contributed by atoms with van der Waals surface area (Å²) in [5, 5.41) is 0. The van der Waals surface area contributed by atoms with E-state index in [-0.39, 0.29) is 12.4 Å². The van der Waals surface area contributed by atoms with Crippen molar-refractivity contribution in [3.8, 4) is 0 Å². The lowest BCUT2D eigenvalue weighted by Gasteiger charge is -2.16. The average molecular weight is 124 g/mol. The standard InChI is InChI=1S/C6H8N2O/c1-5-7-4-6-8(5)2-3-9-6/h2-6H,1H3. The van der Waals surface area contributed by atoms with Gasteiger partial charge in [-0.1, -0.05) is 0 Å². The van der Waals surface area contributed by atoms with Crippen LogP contribution in [0.1, 0.15) is 6.92 Å². The summed E-state index contributed by atoms with van der Waals surface area (Å²) in [5.74, 6) is 0. The van der Waals surface area contributed by atoms with Gasteiger partial charge in [0, 0.05) is 6.20 Å². The van der Waals surface area contributed by atoms with Gasteiger partial charge in [-0.25, -0.2) is 0 Å². The lowest BCUT2D eigenvalue weighted by molar-refractivity contribution is 0.115. The SMILES string of the molecule is CC1N=CC2OC=CN12. The Morgan fingerprint density at radius 2 is 2.56 bits per heavy atom. The topological polar surface area (TPSA) is 24.8 Å². The van der Waals surface area contributed by atoms with Gasteiger partial charge >= 0.3 is 0 Å². The molecule has 0 aromatic heterocycles. The third-order valence-electron chi connectivity index (χ3n) is 1.61. The molecule has 0 fully saturated rings. The van der Waals surface area contributed by atoms with Gasteiger partial charge in [0.25, 0.3) is 0 Å². The highest BCUT2D eigenvalue weighted by atomic mass is 16.5. The predicted octanol–water partition coefficient (Wildman–Crippen LogP) is 0.546.